The van der Waals surface area contributed by atoms with Gasteiger partial charge in [0.25, 0.3) is 0 Å². The average Bonchev–Trinajstić information content (AvgIpc) is 2.35. The lowest BCUT2D eigenvalue weighted by Crippen LogP contribution is -2.30. The molecule has 1 aromatic rings. The van der Waals surface area contributed by atoms with Gasteiger partial charge in [0.1, 0.15) is 11.5 Å². The molecule has 0 unspecified atom stereocenters. The highest BCUT2D eigenvalue weighted by Gasteiger charge is 2.30. The van der Waals surface area contributed by atoms with Crippen LogP contribution in [-0.4, -0.2) is 35.4 Å². The summed E-state index contributed by atoms with van der Waals surface area (Å²) in [5.41, 5.74) is 0.439. The highest BCUT2D eigenvalue weighted by Crippen LogP contribution is 2.23. The number of ether oxygens (including phenoxy) is 2. The second kappa shape index (κ2) is 7.37. The first-order chi connectivity index (χ1) is 9.47. The molecule has 0 bridgehead atoms. The number of aromatic hydroxyl groups is 2. The van der Waals surface area contributed by atoms with E-state index in [2.05, 4.69) is 0 Å². The predicted octanol–water partition coefficient (Wildman–Crippen LogP) is 1.38. The quantitative estimate of drug-likeness (QED) is 0.605. The minimum Gasteiger partial charge on any atom is -0.508 e. The Hall–Kier alpha value is -2.24. The SMILES string of the molecule is CCOC(=O)C(Cc1cc(O)cc(O)c1)C(=O)OCC. The van der Waals surface area contributed by atoms with E-state index in [0.29, 0.717) is 5.56 Å². The van der Waals surface area contributed by atoms with Crippen molar-refractivity contribution in [3.63, 3.8) is 0 Å². The van der Waals surface area contributed by atoms with Crippen molar-refractivity contribution < 1.29 is 29.3 Å². The van der Waals surface area contributed by atoms with Crippen LogP contribution in [-0.2, 0) is 25.5 Å². The maximum atomic E-state index is 11.8. The van der Waals surface area contributed by atoms with Crippen LogP contribution >= 0.6 is 0 Å². The van der Waals surface area contributed by atoms with Crippen LogP contribution in [0.2, 0.25) is 0 Å². The maximum Gasteiger partial charge on any atom is 0.320 e. The van der Waals surface area contributed by atoms with E-state index < -0.39 is 17.9 Å². The van der Waals surface area contributed by atoms with Crippen LogP contribution in [0.4, 0.5) is 0 Å². The summed E-state index contributed by atoms with van der Waals surface area (Å²) in [7, 11) is 0. The van der Waals surface area contributed by atoms with Crippen molar-refractivity contribution in [1.29, 1.82) is 0 Å². The Kier molecular flexibility index (Phi) is 5.83. The van der Waals surface area contributed by atoms with Crippen LogP contribution in [0.1, 0.15) is 19.4 Å². The number of carbonyl (C=O) groups excluding carboxylic acids is 2. The van der Waals surface area contributed by atoms with Crippen molar-refractivity contribution in [3.05, 3.63) is 23.8 Å². The largest absolute Gasteiger partial charge is 0.508 e. The molecule has 0 radical (unpaired) electrons. The Morgan fingerprint density at radius 3 is 1.85 bits per heavy atom. The molecular formula is C14H18O6. The minimum atomic E-state index is -1.11. The Morgan fingerprint density at radius 1 is 1.00 bits per heavy atom. The zero-order valence-corrected chi connectivity index (χ0v) is 11.5. The smallest absolute Gasteiger partial charge is 0.320 e. The molecule has 0 aliphatic rings. The van der Waals surface area contributed by atoms with Crippen LogP contribution in [0.25, 0.3) is 0 Å². The van der Waals surface area contributed by atoms with E-state index in [9.17, 15) is 19.8 Å². The van der Waals surface area contributed by atoms with Gasteiger partial charge < -0.3 is 19.7 Å². The summed E-state index contributed by atoms with van der Waals surface area (Å²) in [6.45, 7) is 3.58. The van der Waals surface area contributed by atoms with Crippen molar-refractivity contribution in [1.82, 2.24) is 0 Å². The Labute approximate surface area is 116 Å². The molecule has 0 aromatic heterocycles. The Balaban J connectivity index is 2.93. The fourth-order valence-electron chi connectivity index (χ4n) is 1.76. The van der Waals surface area contributed by atoms with E-state index in [-0.39, 0.29) is 31.1 Å². The third-order valence-electron chi connectivity index (χ3n) is 2.54. The molecule has 1 rings (SSSR count). The summed E-state index contributed by atoms with van der Waals surface area (Å²) >= 11 is 0. The van der Waals surface area contributed by atoms with Crippen LogP contribution in [0.15, 0.2) is 18.2 Å². The number of esters is 2. The van der Waals surface area contributed by atoms with Gasteiger partial charge in [-0.1, -0.05) is 0 Å². The second-order valence-electron chi connectivity index (χ2n) is 4.12. The molecule has 0 aliphatic carbocycles. The lowest BCUT2D eigenvalue weighted by atomic mass is 9.99. The molecule has 1 aromatic carbocycles. The third-order valence-corrected chi connectivity index (χ3v) is 2.54. The van der Waals surface area contributed by atoms with E-state index in [1.807, 2.05) is 0 Å². The first-order valence-electron chi connectivity index (χ1n) is 6.33. The maximum absolute atomic E-state index is 11.8. The molecule has 110 valence electrons. The van der Waals surface area contributed by atoms with Crippen molar-refractivity contribution in [2.75, 3.05) is 13.2 Å². The number of benzene rings is 1. The lowest BCUT2D eigenvalue weighted by Gasteiger charge is -2.14. The van der Waals surface area contributed by atoms with Gasteiger partial charge in [-0.3, -0.25) is 9.59 Å². The van der Waals surface area contributed by atoms with Gasteiger partial charge in [0, 0.05) is 6.07 Å². The molecule has 20 heavy (non-hydrogen) atoms. The lowest BCUT2D eigenvalue weighted by molar-refractivity contribution is -0.161. The van der Waals surface area contributed by atoms with Crippen molar-refractivity contribution in [3.8, 4) is 11.5 Å². The van der Waals surface area contributed by atoms with Gasteiger partial charge in [-0.25, -0.2) is 0 Å². The van der Waals surface area contributed by atoms with E-state index >= 15 is 0 Å². The molecule has 0 saturated heterocycles. The predicted molar refractivity (Wildman–Crippen MR) is 70.2 cm³/mol. The minimum absolute atomic E-state index is 0.0143. The first-order valence-corrected chi connectivity index (χ1v) is 6.33. The average molecular weight is 282 g/mol. The molecule has 0 spiro atoms. The summed E-state index contributed by atoms with van der Waals surface area (Å²) in [6, 6.07) is 3.89. The zero-order valence-electron chi connectivity index (χ0n) is 11.5. The zero-order chi connectivity index (χ0) is 15.1. The third kappa shape index (κ3) is 4.46. The van der Waals surface area contributed by atoms with Gasteiger partial charge in [-0.2, -0.15) is 0 Å². The van der Waals surface area contributed by atoms with Gasteiger partial charge in [0.15, 0.2) is 5.92 Å². The molecule has 0 fully saturated rings. The molecule has 0 amide bonds. The standard InChI is InChI=1S/C14H18O6/c1-3-19-13(17)12(14(18)20-4-2)7-9-5-10(15)8-11(16)6-9/h5-6,8,12,15-16H,3-4,7H2,1-2H3. The van der Waals surface area contributed by atoms with E-state index in [1.54, 1.807) is 13.8 Å². The van der Waals surface area contributed by atoms with Crippen LogP contribution in [0, 0.1) is 5.92 Å². The summed E-state index contributed by atoms with van der Waals surface area (Å²) in [5.74, 6) is -2.78. The van der Waals surface area contributed by atoms with Gasteiger partial charge in [-0.05, 0) is 38.0 Å². The molecule has 0 aliphatic heterocycles. The number of hydrogen-bond acceptors (Lipinski definition) is 6. The van der Waals surface area contributed by atoms with E-state index in [0.717, 1.165) is 6.07 Å². The van der Waals surface area contributed by atoms with Gasteiger partial charge >= 0.3 is 11.9 Å². The number of hydrogen-bond donors (Lipinski definition) is 2. The molecule has 0 saturated carbocycles. The molecular weight excluding hydrogens is 264 g/mol. The number of rotatable bonds is 6. The highest BCUT2D eigenvalue weighted by atomic mass is 16.6. The van der Waals surface area contributed by atoms with Crippen LogP contribution in [0.3, 0.4) is 0 Å². The van der Waals surface area contributed by atoms with Gasteiger partial charge in [0.2, 0.25) is 0 Å². The topological polar surface area (TPSA) is 93.1 Å². The Morgan fingerprint density at radius 2 is 1.45 bits per heavy atom. The van der Waals surface area contributed by atoms with Crippen LogP contribution in [0.5, 0.6) is 11.5 Å². The van der Waals surface area contributed by atoms with E-state index in [1.165, 1.54) is 12.1 Å². The van der Waals surface area contributed by atoms with Gasteiger partial charge in [-0.15, -0.1) is 0 Å². The molecule has 0 atom stereocenters. The van der Waals surface area contributed by atoms with Gasteiger partial charge in [0.05, 0.1) is 13.2 Å². The second-order valence-corrected chi connectivity index (χ2v) is 4.12. The molecule has 6 heteroatoms. The summed E-state index contributed by atoms with van der Waals surface area (Å²) in [6.07, 6.45) is -0.0143. The van der Waals surface area contributed by atoms with E-state index in [4.69, 9.17) is 9.47 Å². The fourth-order valence-corrected chi connectivity index (χ4v) is 1.76. The fraction of sp³-hybridized carbons (Fsp3) is 0.429. The molecule has 2 N–H and O–H groups in total. The molecule has 0 heterocycles. The number of carbonyl (C=O) groups is 2. The van der Waals surface area contributed by atoms with Crippen molar-refractivity contribution >= 4 is 11.9 Å². The summed E-state index contributed by atoms with van der Waals surface area (Å²) in [4.78, 5) is 23.6. The first kappa shape index (κ1) is 15.8. The highest BCUT2D eigenvalue weighted by molar-refractivity contribution is 5.95. The van der Waals surface area contributed by atoms with Crippen molar-refractivity contribution in [2.45, 2.75) is 20.3 Å². The number of phenols is 2. The number of phenolic OH excluding ortho intramolecular Hbond substituents is 2. The van der Waals surface area contributed by atoms with Crippen LogP contribution < -0.4 is 0 Å². The normalized spacial score (nSPS) is 10.3. The molecule has 6 nitrogen and oxygen atoms in total. The summed E-state index contributed by atoms with van der Waals surface area (Å²) in [5, 5.41) is 18.8. The van der Waals surface area contributed by atoms with Crippen molar-refractivity contribution in [2.24, 2.45) is 5.92 Å². The Bertz CT molecular complexity index is 444. The monoisotopic (exact) mass is 282 g/mol. The summed E-state index contributed by atoms with van der Waals surface area (Å²) < 4.78 is 9.68.